The second-order valence-corrected chi connectivity index (χ2v) is 8.51. The molecule has 2 saturated heterocycles. The summed E-state index contributed by atoms with van der Waals surface area (Å²) in [6.07, 6.45) is 2.66. The lowest BCUT2D eigenvalue weighted by Crippen LogP contribution is -2.50. The van der Waals surface area contributed by atoms with Crippen molar-refractivity contribution in [1.82, 2.24) is 9.80 Å². The van der Waals surface area contributed by atoms with Gasteiger partial charge in [-0.05, 0) is 31.0 Å². The highest BCUT2D eigenvalue weighted by molar-refractivity contribution is 5.98. The number of carbonyl (C=O) groups excluding carboxylic acids is 2. The van der Waals surface area contributed by atoms with Crippen LogP contribution >= 0.6 is 0 Å². The van der Waals surface area contributed by atoms with Gasteiger partial charge in [0.15, 0.2) is 0 Å². The van der Waals surface area contributed by atoms with Gasteiger partial charge in [0.25, 0.3) is 5.91 Å². The van der Waals surface area contributed by atoms with Gasteiger partial charge in [-0.25, -0.2) is 0 Å². The summed E-state index contributed by atoms with van der Waals surface area (Å²) in [5.41, 5.74) is 0.811. The molecule has 6 nitrogen and oxygen atoms in total. The number of ether oxygens (including phenoxy) is 1. The lowest BCUT2D eigenvalue weighted by Gasteiger charge is -2.35. The molecule has 1 aromatic rings. The first-order valence-electron chi connectivity index (χ1n) is 9.88. The topological polar surface area (TPSA) is 61.9 Å². The molecular weight excluding hydrogens is 342 g/mol. The van der Waals surface area contributed by atoms with Crippen LogP contribution in [0.15, 0.2) is 24.3 Å². The van der Waals surface area contributed by atoms with Crippen LogP contribution in [0.3, 0.4) is 0 Å². The van der Waals surface area contributed by atoms with E-state index in [0.29, 0.717) is 17.4 Å². The zero-order valence-electron chi connectivity index (χ0n) is 16.7. The van der Waals surface area contributed by atoms with Crippen LogP contribution in [0.5, 0.6) is 0 Å². The molecule has 148 valence electrons. The lowest BCUT2D eigenvalue weighted by atomic mass is 9.95. The summed E-state index contributed by atoms with van der Waals surface area (Å²) in [5, 5.41) is 2.90. The number of piperazine rings is 1. The monoisotopic (exact) mass is 373 g/mol. The van der Waals surface area contributed by atoms with E-state index in [1.165, 1.54) is 0 Å². The van der Waals surface area contributed by atoms with Gasteiger partial charge < -0.3 is 15.0 Å². The van der Waals surface area contributed by atoms with Gasteiger partial charge in [0, 0.05) is 56.0 Å². The van der Waals surface area contributed by atoms with Crippen molar-refractivity contribution in [2.45, 2.75) is 39.7 Å². The van der Waals surface area contributed by atoms with Gasteiger partial charge in [-0.2, -0.15) is 0 Å². The van der Waals surface area contributed by atoms with Crippen LogP contribution in [0.2, 0.25) is 0 Å². The maximum atomic E-state index is 12.9. The first-order chi connectivity index (χ1) is 12.8. The van der Waals surface area contributed by atoms with Crippen LogP contribution < -0.4 is 5.32 Å². The summed E-state index contributed by atoms with van der Waals surface area (Å²) < 4.78 is 5.71. The molecule has 0 bridgehead atoms. The molecule has 6 heteroatoms. The Balaban J connectivity index is 1.55. The Morgan fingerprint density at radius 3 is 2.56 bits per heavy atom. The van der Waals surface area contributed by atoms with Crippen molar-refractivity contribution in [3.8, 4) is 0 Å². The van der Waals surface area contributed by atoms with Crippen molar-refractivity contribution in [2.24, 2.45) is 5.41 Å². The summed E-state index contributed by atoms with van der Waals surface area (Å²) in [6.45, 7) is 10.7. The predicted octanol–water partition coefficient (Wildman–Crippen LogP) is 2.61. The SMILES string of the molecule is CC(C)(C)C(=O)Nc1cccc(C(=O)N2CCN(CC3CCCO3)CC2)c1. The van der Waals surface area contributed by atoms with E-state index in [1.807, 2.05) is 43.9 Å². The Labute approximate surface area is 161 Å². The normalized spacial score (nSPS) is 21.3. The van der Waals surface area contributed by atoms with Gasteiger partial charge in [-0.15, -0.1) is 0 Å². The molecule has 1 aromatic carbocycles. The standard InChI is InChI=1S/C21H31N3O3/c1-21(2,3)20(26)22-17-7-4-6-16(14-17)19(25)24-11-9-23(10-12-24)15-18-8-5-13-27-18/h4,6-7,14,18H,5,8-13,15H2,1-3H3,(H,22,26). The highest BCUT2D eigenvalue weighted by Gasteiger charge is 2.26. The van der Waals surface area contributed by atoms with E-state index in [2.05, 4.69) is 10.2 Å². The first kappa shape index (κ1) is 19.8. The molecule has 1 unspecified atom stereocenters. The maximum Gasteiger partial charge on any atom is 0.254 e. The number of hydrogen-bond acceptors (Lipinski definition) is 4. The average molecular weight is 373 g/mol. The number of hydrogen-bond donors (Lipinski definition) is 1. The number of nitrogens with zero attached hydrogens (tertiary/aromatic N) is 2. The average Bonchev–Trinajstić information content (AvgIpc) is 3.14. The number of anilines is 1. The van der Waals surface area contributed by atoms with Crippen molar-refractivity contribution >= 4 is 17.5 Å². The van der Waals surface area contributed by atoms with Gasteiger partial charge in [0.05, 0.1) is 6.10 Å². The fraction of sp³-hybridized carbons (Fsp3) is 0.619. The van der Waals surface area contributed by atoms with Crippen LogP contribution in [-0.2, 0) is 9.53 Å². The number of amides is 2. The molecule has 0 radical (unpaired) electrons. The van der Waals surface area contributed by atoms with Crippen LogP contribution in [0.1, 0.15) is 44.0 Å². The third kappa shape index (κ3) is 5.30. The van der Waals surface area contributed by atoms with Crippen molar-refractivity contribution in [3.63, 3.8) is 0 Å². The third-order valence-electron chi connectivity index (χ3n) is 5.19. The number of carbonyl (C=O) groups is 2. The molecule has 2 aliphatic rings. The lowest BCUT2D eigenvalue weighted by molar-refractivity contribution is -0.123. The Hall–Kier alpha value is -1.92. The molecule has 2 fully saturated rings. The smallest absolute Gasteiger partial charge is 0.254 e. The first-order valence-corrected chi connectivity index (χ1v) is 9.88. The zero-order chi connectivity index (χ0) is 19.4. The summed E-state index contributed by atoms with van der Waals surface area (Å²) in [6, 6.07) is 7.22. The summed E-state index contributed by atoms with van der Waals surface area (Å²) in [7, 11) is 0. The summed E-state index contributed by atoms with van der Waals surface area (Å²) in [5.74, 6) is -0.0338. The molecule has 27 heavy (non-hydrogen) atoms. The molecule has 0 saturated carbocycles. The molecular formula is C21H31N3O3. The van der Waals surface area contributed by atoms with Gasteiger partial charge in [0.1, 0.15) is 0 Å². The third-order valence-corrected chi connectivity index (χ3v) is 5.19. The molecule has 0 spiro atoms. The fourth-order valence-corrected chi connectivity index (χ4v) is 3.44. The Morgan fingerprint density at radius 1 is 1.19 bits per heavy atom. The van der Waals surface area contributed by atoms with E-state index in [9.17, 15) is 9.59 Å². The second kappa shape index (κ2) is 8.40. The van der Waals surface area contributed by atoms with Crippen molar-refractivity contribution in [1.29, 1.82) is 0 Å². The minimum Gasteiger partial charge on any atom is -0.377 e. The molecule has 2 aliphatic heterocycles. The number of benzene rings is 1. The molecule has 1 atom stereocenters. The largest absolute Gasteiger partial charge is 0.377 e. The van der Waals surface area contributed by atoms with Gasteiger partial charge in [-0.3, -0.25) is 14.5 Å². The highest BCUT2D eigenvalue weighted by Crippen LogP contribution is 2.20. The zero-order valence-corrected chi connectivity index (χ0v) is 16.7. The van der Waals surface area contributed by atoms with Crippen LogP contribution in [-0.4, -0.2) is 67.0 Å². The quantitative estimate of drug-likeness (QED) is 0.881. The van der Waals surface area contributed by atoms with Crippen molar-refractivity contribution < 1.29 is 14.3 Å². The fourth-order valence-electron chi connectivity index (χ4n) is 3.44. The van der Waals surface area contributed by atoms with E-state index in [4.69, 9.17) is 4.74 Å². The van der Waals surface area contributed by atoms with Crippen LogP contribution in [0.25, 0.3) is 0 Å². The Morgan fingerprint density at radius 2 is 1.93 bits per heavy atom. The van der Waals surface area contributed by atoms with Crippen LogP contribution in [0.4, 0.5) is 5.69 Å². The molecule has 0 aromatic heterocycles. The maximum absolute atomic E-state index is 12.9. The van der Waals surface area contributed by atoms with Gasteiger partial charge in [0.2, 0.25) is 5.91 Å². The van der Waals surface area contributed by atoms with Crippen molar-refractivity contribution in [3.05, 3.63) is 29.8 Å². The van der Waals surface area contributed by atoms with Crippen LogP contribution in [0, 0.1) is 5.41 Å². The minimum atomic E-state index is -0.473. The highest BCUT2D eigenvalue weighted by atomic mass is 16.5. The Kier molecular flexibility index (Phi) is 6.17. The second-order valence-electron chi connectivity index (χ2n) is 8.51. The number of nitrogens with one attached hydrogen (secondary N) is 1. The minimum absolute atomic E-state index is 0.0265. The molecule has 3 rings (SSSR count). The predicted molar refractivity (Wildman–Crippen MR) is 106 cm³/mol. The summed E-state index contributed by atoms with van der Waals surface area (Å²) >= 11 is 0. The van der Waals surface area contributed by atoms with E-state index in [0.717, 1.165) is 52.2 Å². The van der Waals surface area contributed by atoms with E-state index in [1.54, 1.807) is 6.07 Å². The van der Waals surface area contributed by atoms with Gasteiger partial charge >= 0.3 is 0 Å². The molecule has 1 N–H and O–H groups in total. The van der Waals surface area contributed by atoms with E-state index in [-0.39, 0.29) is 11.8 Å². The number of rotatable bonds is 4. The van der Waals surface area contributed by atoms with Gasteiger partial charge in [-0.1, -0.05) is 26.8 Å². The van der Waals surface area contributed by atoms with E-state index < -0.39 is 5.41 Å². The Bertz CT molecular complexity index is 669. The van der Waals surface area contributed by atoms with Crippen molar-refractivity contribution in [2.75, 3.05) is 44.6 Å². The summed E-state index contributed by atoms with van der Waals surface area (Å²) in [4.78, 5) is 29.3. The molecule has 0 aliphatic carbocycles. The molecule has 2 heterocycles. The van der Waals surface area contributed by atoms with E-state index >= 15 is 0 Å². The molecule has 2 amide bonds.